The highest BCUT2D eigenvalue weighted by atomic mass is 16.4. The number of carboxylic acids is 1. The molecule has 5 heteroatoms. The van der Waals surface area contributed by atoms with E-state index in [2.05, 4.69) is 5.32 Å². The van der Waals surface area contributed by atoms with Crippen LogP contribution < -0.4 is 5.32 Å². The molecule has 2 aromatic carbocycles. The molecule has 0 aliphatic rings. The Labute approximate surface area is 127 Å². The number of carbonyl (C=O) groups is 2. The van der Waals surface area contributed by atoms with E-state index in [9.17, 15) is 9.59 Å². The summed E-state index contributed by atoms with van der Waals surface area (Å²) in [7, 11) is 0. The largest absolute Gasteiger partial charge is 0.478 e. The van der Waals surface area contributed by atoms with Crippen molar-refractivity contribution in [3.8, 4) is 6.07 Å². The predicted molar refractivity (Wildman–Crippen MR) is 80.3 cm³/mol. The average Bonchev–Trinajstić information content (AvgIpc) is 2.53. The molecule has 2 rings (SSSR count). The third kappa shape index (κ3) is 3.93. The van der Waals surface area contributed by atoms with Gasteiger partial charge < -0.3 is 10.4 Å². The summed E-state index contributed by atoms with van der Waals surface area (Å²) in [5.41, 5.74) is 2.31. The van der Waals surface area contributed by atoms with Crippen molar-refractivity contribution in [3.63, 3.8) is 0 Å². The summed E-state index contributed by atoms with van der Waals surface area (Å²) in [6, 6.07) is 15.3. The van der Waals surface area contributed by atoms with Crippen molar-refractivity contribution >= 4 is 11.9 Å². The first-order chi connectivity index (χ1) is 10.6. The van der Waals surface area contributed by atoms with Crippen LogP contribution in [0.3, 0.4) is 0 Å². The fourth-order valence-corrected chi connectivity index (χ4v) is 1.96. The molecule has 0 bridgehead atoms. The lowest BCUT2D eigenvalue weighted by atomic mass is 10.1. The predicted octanol–water partition coefficient (Wildman–Crippen LogP) is 2.38. The lowest BCUT2D eigenvalue weighted by Crippen LogP contribution is -2.22. The number of nitrogens with zero attached hydrogens (tertiary/aromatic N) is 1. The van der Waals surface area contributed by atoms with Crippen LogP contribution >= 0.6 is 0 Å². The molecule has 0 aromatic heterocycles. The molecule has 1 amide bonds. The van der Waals surface area contributed by atoms with E-state index in [1.54, 1.807) is 36.4 Å². The fraction of sp³-hybridized carbons (Fsp3) is 0.118. The van der Waals surface area contributed by atoms with Crippen molar-refractivity contribution < 1.29 is 14.7 Å². The summed E-state index contributed by atoms with van der Waals surface area (Å²) in [6.07, 6.45) is 0.262. The van der Waals surface area contributed by atoms with Gasteiger partial charge in [-0.3, -0.25) is 4.79 Å². The Morgan fingerprint density at radius 2 is 1.77 bits per heavy atom. The Morgan fingerprint density at radius 1 is 1.05 bits per heavy atom. The zero-order valence-electron chi connectivity index (χ0n) is 11.7. The highest BCUT2D eigenvalue weighted by Gasteiger charge is 2.07. The Bertz CT molecular complexity index is 730. The molecule has 22 heavy (non-hydrogen) atoms. The molecule has 0 saturated heterocycles. The van der Waals surface area contributed by atoms with Gasteiger partial charge in [-0.25, -0.2) is 4.79 Å². The minimum Gasteiger partial charge on any atom is -0.478 e. The van der Waals surface area contributed by atoms with E-state index in [1.165, 1.54) is 12.1 Å². The third-order valence-corrected chi connectivity index (χ3v) is 3.13. The van der Waals surface area contributed by atoms with Crippen LogP contribution in [0.15, 0.2) is 48.5 Å². The number of benzene rings is 2. The van der Waals surface area contributed by atoms with Crippen molar-refractivity contribution in [1.82, 2.24) is 5.32 Å². The Hall–Kier alpha value is -3.13. The Morgan fingerprint density at radius 3 is 2.41 bits per heavy atom. The van der Waals surface area contributed by atoms with Gasteiger partial charge in [0.1, 0.15) is 0 Å². The number of nitrogens with one attached hydrogen (secondary N) is 1. The number of hydrogen-bond acceptors (Lipinski definition) is 3. The first kappa shape index (κ1) is 15.3. The van der Waals surface area contributed by atoms with E-state index in [0.717, 1.165) is 11.1 Å². The van der Waals surface area contributed by atoms with E-state index in [4.69, 9.17) is 10.4 Å². The van der Waals surface area contributed by atoms with Crippen LogP contribution in [0.2, 0.25) is 0 Å². The topological polar surface area (TPSA) is 90.2 Å². The van der Waals surface area contributed by atoms with Crippen molar-refractivity contribution in [2.24, 2.45) is 0 Å². The van der Waals surface area contributed by atoms with Gasteiger partial charge in [-0.05, 0) is 35.4 Å². The molecule has 0 saturated carbocycles. The number of carbonyl (C=O) groups excluding carboxylic acids is 1. The van der Waals surface area contributed by atoms with Crippen LogP contribution in [-0.4, -0.2) is 17.0 Å². The summed E-state index contributed by atoms with van der Waals surface area (Å²) in [5.74, 6) is -1.22. The van der Waals surface area contributed by atoms with Crippen molar-refractivity contribution in [3.05, 3.63) is 70.8 Å². The second kappa shape index (κ2) is 7.04. The van der Waals surface area contributed by atoms with Crippen LogP contribution in [0, 0.1) is 11.3 Å². The Balaban J connectivity index is 1.99. The van der Waals surface area contributed by atoms with Gasteiger partial charge in [0.15, 0.2) is 0 Å². The molecule has 0 aliphatic heterocycles. The maximum absolute atomic E-state index is 12.1. The molecule has 2 N–H and O–H groups in total. The number of rotatable bonds is 5. The molecule has 0 radical (unpaired) electrons. The maximum atomic E-state index is 12.1. The smallest absolute Gasteiger partial charge is 0.335 e. The van der Waals surface area contributed by atoms with Crippen molar-refractivity contribution in [1.29, 1.82) is 5.26 Å². The van der Waals surface area contributed by atoms with Crippen LogP contribution in [0.5, 0.6) is 0 Å². The molecule has 0 unspecified atom stereocenters. The molecular formula is C17H14N2O3. The molecule has 0 aliphatic carbocycles. The normalized spacial score (nSPS) is 9.77. The zero-order valence-corrected chi connectivity index (χ0v) is 11.7. The van der Waals surface area contributed by atoms with Crippen molar-refractivity contribution in [2.45, 2.75) is 13.0 Å². The molecule has 0 fully saturated rings. The first-order valence-electron chi connectivity index (χ1n) is 6.66. The van der Waals surface area contributed by atoms with Gasteiger partial charge in [0.05, 0.1) is 18.1 Å². The quantitative estimate of drug-likeness (QED) is 0.885. The Kier molecular flexibility index (Phi) is 4.89. The zero-order chi connectivity index (χ0) is 15.9. The number of amides is 1. The van der Waals surface area contributed by atoms with Gasteiger partial charge in [-0.2, -0.15) is 5.26 Å². The van der Waals surface area contributed by atoms with Crippen molar-refractivity contribution in [2.75, 3.05) is 0 Å². The fourth-order valence-electron chi connectivity index (χ4n) is 1.96. The summed E-state index contributed by atoms with van der Waals surface area (Å²) in [4.78, 5) is 22.8. The highest BCUT2D eigenvalue weighted by molar-refractivity contribution is 5.94. The van der Waals surface area contributed by atoms with E-state index in [0.29, 0.717) is 12.1 Å². The van der Waals surface area contributed by atoms with Crippen LogP contribution in [0.1, 0.15) is 31.8 Å². The standard InChI is InChI=1S/C17H14N2O3/c18-9-8-12-2-1-3-15(10-12)16(20)19-11-13-4-6-14(7-5-13)17(21)22/h1-7,10H,8,11H2,(H,19,20)(H,21,22). The summed E-state index contributed by atoms with van der Waals surface area (Å²) in [6.45, 7) is 0.307. The second-order valence-electron chi connectivity index (χ2n) is 4.72. The monoisotopic (exact) mass is 294 g/mol. The molecule has 5 nitrogen and oxygen atoms in total. The van der Waals surface area contributed by atoms with Crippen LogP contribution in [-0.2, 0) is 13.0 Å². The highest BCUT2D eigenvalue weighted by Crippen LogP contribution is 2.07. The molecule has 0 heterocycles. The average molecular weight is 294 g/mol. The van der Waals surface area contributed by atoms with Gasteiger partial charge in [0.2, 0.25) is 0 Å². The van der Waals surface area contributed by atoms with Gasteiger partial charge in [0.25, 0.3) is 5.91 Å². The van der Waals surface area contributed by atoms with Gasteiger partial charge in [-0.1, -0.05) is 24.3 Å². The minimum absolute atomic E-state index is 0.208. The lowest BCUT2D eigenvalue weighted by molar-refractivity contribution is 0.0696. The number of carboxylic acid groups (broad SMARTS) is 1. The van der Waals surface area contributed by atoms with E-state index in [-0.39, 0.29) is 17.9 Å². The van der Waals surface area contributed by atoms with Gasteiger partial charge >= 0.3 is 5.97 Å². The third-order valence-electron chi connectivity index (χ3n) is 3.13. The summed E-state index contributed by atoms with van der Waals surface area (Å²) < 4.78 is 0. The number of hydrogen-bond donors (Lipinski definition) is 2. The summed E-state index contributed by atoms with van der Waals surface area (Å²) in [5, 5.41) is 20.3. The molecular weight excluding hydrogens is 280 g/mol. The molecule has 0 atom stereocenters. The minimum atomic E-state index is -0.982. The van der Waals surface area contributed by atoms with E-state index in [1.807, 2.05) is 6.07 Å². The second-order valence-corrected chi connectivity index (χ2v) is 4.72. The van der Waals surface area contributed by atoms with Crippen LogP contribution in [0.25, 0.3) is 0 Å². The SMILES string of the molecule is N#CCc1cccc(C(=O)NCc2ccc(C(=O)O)cc2)c1. The first-order valence-corrected chi connectivity index (χ1v) is 6.66. The number of aromatic carboxylic acids is 1. The molecule has 110 valence electrons. The molecule has 0 spiro atoms. The van der Waals surface area contributed by atoms with E-state index < -0.39 is 5.97 Å². The van der Waals surface area contributed by atoms with Crippen LogP contribution in [0.4, 0.5) is 0 Å². The maximum Gasteiger partial charge on any atom is 0.335 e. The van der Waals surface area contributed by atoms with E-state index >= 15 is 0 Å². The number of nitriles is 1. The summed E-state index contributed by atoms with van der Waals surface area (Å²) >= 11 is 0. The van der Waals surface area contributed by atoms with Gasteiger partial charge in [-0.15, -0.1) is 0 Å². The molecule has 2 aromatic rings. The lowest BCUT2D eigenvalue weighted by Gasteiger charge is -2.06. The van der Waals surface area contributed by atoms with Gasteiger partial charge in [0, 0.05) is 12.1 Å².